The summed E-state index contributed by atoms with van der Waals surface area (Å²) in [5, 5.41) is 4.71. The quantitative estimate of drug-likeness (QED) is 0.238. The van der Waals surface area contributed by atoms with Crippen molar-refractivity contribution in [2.24, 2.45) is 5.10 Å². The van der Waals surface area contributed by atoms with E-state index in [1.54, 1.807) is 24.5 Å². The van der Waals surface area contributed by atoms with Crippen LogP contribution in [0.5, 0.6) is 11.5 Å². The second-order valence-corrected chi connectivity index (χ2v) is 10.6. The van der Waals surface area contributed by atoms with Gasteiger partial charge in [-0.05, 0) is 70.4 Å². The first-order chi connectivity index (χ1) is 18.0. The monoisotopic (exact) mass is 580 g/mol. The summed E-state index contributed by atoms with van der Waals surface area (Å²) in [5.74, 6) is 0.686. The van der Waals surface area contributed by atoms with Crippen LogP contribution in [0.15, 0.2) is 63.2 Å². The number of nitrogens with zero attached hydrogens (tertiary/aromatic N) is 3. The van der Waals surface area contributed by atoms with E-state index >= 15 is 0 Å². The number of aryl methyl sites for hydroxylation is 2. The zero-order valence-electron chi connectivity index (χ0n) is 20.2. The maximum Gasteiger partial charge on any atom is 0.262 e. The molecule has 8 nitrogen and oxygen atoms in total. The Morgan fingerprint density at radius 3 is 2.86 bits per heavy atom. The third-order valence-corrected chi connectivity index (χ3v) is 7.93. The molecule has 0 fully saturated rings. The maximum absolute atomic E-state index is 13.1. The normalized spacial score (nSPS) is 13.0. The van der Waals surface area contributed by atoms with Gasteiger partial charge in [0.1, 0.15) is 18.0 Å². The largest absolute Gasteiger partial charge is 0.493 e. The minimum absolute atomic E-state index is 0.164. The van der Waals surface area contributed by atoms with Crippen LogP contribution in [0.2, 0.25) is 0 Å². The summed E-state index contributed by atoms with van der Waals surface area (Å²) in [6.45, 7) is 0.233. The van der Waals surface area contributed by atoms with Crippen molar-refractivity contribution < 1.29 is 14.3 Å². The first-order valence-corrected chi connectivity index (χ1v) is 13.5. The molecule has 1 N–H and O–H groups in total. The van der Waals surface area contributed by atoms with Crippen LogP contribution in [0, 0.1) is 0 Å². The van der Waals surface area contributed by atoms with E-state index in [1.165, 1.54) is 22.0 Å². The molecule has 190 valence electrons. The fourth-order valence-electron chi connectivity index (χ4n) is 4.35. The number of hydrazone groups is 1. The van der Waals surface area contributed by atoms with Crippen LogP contribution in [0.1, 0.15) is 34.4 Å². The molecule has 0 saturated heterocycles. The number of rotatable bonds is 8. The van der Waals surface area contributed by atoms with E-state index in [0.29, 0.717) is 33.5 Å². The van der Waals surface area contributed by atoms with Crippen molar-refractivity contribution in [1.82, 2.24) is 15.0 Å². The van der Waals surface area contributed by atoms with Gasteiger partial charge in [-0.2, -0.15) is 5.10 Å². The number of nitrogens with one attached hydrogen (secondary N) is 1. The van der Waals surface area contributed by atoms with Crippen molar-refractivity contribution in [3.63, 3.8) is 0 Å². The number of carbonyl (C=O) groups is 1. The molecule has 0 spiro atoms. The van der Waals surface area contributed by atoms with E-state index in [-0.39, 0.29) is 12.1 Å². The number of carbonyl (C=O) groups excluding carboxylic acids is 1. The molecular weight excluding hydrogens is 556 g/mol. The molecule has 2 aromatic heterocycles. The molecule has 0 saturated carbocycles. The van der Waals surface area contributed by atoms with E-state index in [2.05, 4.69) is 31.4 Å². The number of thiophene rings is 1. The molecule has 10 heteroatoms. The number of methoxy groups -OCH3 is 1. The molecule has 0 radical (unpaired) electrons. The molecule has 0 aliphatic heterocycles. The summed E-state index contributed by atoms with van der Waals surface area (Å²) in [6.07, 6.45) is 7.04. The lowest BCUT2D eigenvalue weighted by Crippen LogP contribution is -2.30. The minimum Gasteiger partial charge on any atom is -0.493 e. The average Bonchev–Trinajstić information content (AvgIpc) is 3.29. The SMILES string of the molecule is COc1cc(C=NNC(=O)Cn2cnc3sc4c(c3c2=O)CCCC4)cc(Br)c1OCc1ccccc1. The second kappa shape index (κ2) is 11.3. The van der Waals surface area contributed by atoms with Crippen LogP contribution in [0.25, 0.3) is 10.2 Å². The summed E-state index contributed by atoms with van der Waals surface area (Å²) >= 11 is 5.12. The van der Waals surface area contributed by atoms with Gasteiger partial charge in [0.25, 0.3) is 11.5 Å². The highest BCUT2D eigenvalue weighted by molar-refractivity contribution is 9.10. The van der Waals surface area contributed by atoms with Gasteiger partial charge in [-0.15, -0.1) is 11.3 Å². The van der Waals surface area contributed by atoms with Crippen LogP contribution in [-0.4, -0.2) is 28.8 Å². The van der Waals surface area contributed by atoms with E-state index in [1.807, 2.05) is 36.4 Å². The highest BCUT2D eigenvalue weighted by Crippen LogP contribution is 2.37. The summed E-state index contributed by atoms with van der Waals surface area (Å²) in [7, 11) is 1.56. The Morgan fingerprint density at radius 2 is 2.05 bits per heavy atom. The van der Waals surface area contributed by atoms with Crippen molar-refractivity contribution in [1.29, 1.82) is 0 Å². The summed E-state index contributed by atoms with van der Waals surface area (Å²) in [5.41, 5.74) is 5.15. The van der Waals surface area contributed by atoms with Crippen molar-refractivity contribution in [2.45, 2.75) is 38.8 Å². The molecule has 4 aromatic rings. The molecule has 0 unspecified atom stereocenters. The van der Waals surface area contributed by atoms with Gasteiger partial charge in [0.15, 0.2) is 11.5 Å². The lowest BCUT2D eigenvalue weighted by Gasteiger charge is -2.13. The van der Waals surface area contributed by atoms with Crippen LogP contribution in [-0.2, 0) is 30.8 Å². The number of benzene rings is 2. The van der Waals surface area contributed by atoms with Crippen LogP contribution < -0.4 is 20.5 Å². The number of aromatic nitrogens is 2. The topological polar surface area (TPSA) is 94.8 Å². The fraction of sp³-hybridized carbons (Fsp3) is 0.259. The Bertz CT molecular complexity index is 1530. The van der Waals surface area contributed by atoms with Gasteiger partial charge in [-0.3, -0.25) is 14.2 Å². The zero-order chi connectivity index (χ0) is 25.8. The highest BCUT2D eigenvalue weighted by Gasteiger charge is 2.20. The van der Waals surface area contributed by atoms with E-state index in [9.17, 15) is 9.59 Å². The Balaban J connectivity index is 1.25. The first-order valence-electron chi connectivity index (χ1n) is 11.9. The third-order valence-electron chi connectivity index (χ3n) is 6.14. The third kappa shape index (κ3) is 5.60. The molecule has 0 atom stereocenters. The molecule has 37 heavy (non-hydrogen) atoms. The highest BCUT2D eigenvalue weighted by atomic mass is 79.9. The standard InChI is InChI=1S/C27H25BrN4O4S/c1-35-21-12-18(11-20(28)25(21)36-15-17-7-3-2-4-8-17)13-30-31-23(33)14-32-16-29-26-24(27(32)34)19-9-5-6-10-22(19)37-26/h2-4,7-8,11-13,16H,5-6,9-10,14-15H2,1H3,(H,31,33). The number of hydrogen-bond donors (Lipinski definition) is 1. The lowest BCUT2D eigenvalue weighted by atomic mass is 9.97. The molecule has 2 aromatic carbocycles. The molecule has 1 aliphatic rings. The van der Waals surface area contributed by atoms with Crippen LogP contribution in [0.4, 0.5) is 0 Å². The van der Waals surface area contributed by atoms with Crippen molar-refractivity contribution in [3.05, 3.63) is 85.2 Å². The molecule has 2 heterocycles. The predicted molar refractivity (Wildman–Crippen MR) is 148 cm³/mol. The minimum atomic E-state index is -0.419. The first kappa shape index (κ1) is 25.2. The average molecular weight is 581 g/mol. The Hall–Kier alpha value is -3.50. The number of amides is 1. The van der Waals surface area contributed by atoms with Gasteiger partial charge >= 0.3 is 0 Å². The van der Waals surface area contributed by atoms with Gasteiger partial charge in [-0.25, -0.2) is 10.4 Å². The van der Waals surface area contributed by atoms with Crippen molar-refractivity contribution in [2.75, 3.05) is 7.11 Å². The number of hydrogen-bond acceptors (Lipinski definition) is 7. The van der Waals surface area contributed by atoms with E-state index < -0.39 is 5.91 Å². The predicted octanol–water partition coefficient (Wildman–Crippen LogP) is 4.84. The molecule has 1 aliphatic carbocycles. The Morgan fingerprint density at radius 1 is 1.24 bits per heavy atom. The van der Waals surface area contributed by atoms with Gasteiger partial charge in [-0.1, -0.05) is 30.3 Å². The molecule has 5 rings (SSSR count). The van der Waals surface area contributed by atoms with Gasteiger partial charge in [0.05, 0.1) is 29.5 Å². The number of ether oxygens (including phenoxy) is 2. The van der Waals surface area contributed by atoms with Gasteiger partial charge < -0.3 is 9.47 Å². The maximum atomic E-state index is 13.1. The van der Waals surface area contributed by atoms with Crippen LogP contribution >= 0.6 is 27.3 Å². The van der Waals surface area contributed by atoms with E-state index in [4.69, 9.17) is 9.47 Å². The Kier molecular flexibility index (Phi) is 7.66. The summed E-state index contributed by atoms with van der Waals surface area (Å²) < 4.78 is 13.5. The van der Waals surface area contributed by atoms with Crippen molar-refractivity contribution in [3.8, 4) is 11.5 Å². The smallest absolute Gasteiger partial charge is 0.262 e. The van der Waals surface area contributed by atoms with E-state index in [0.717, 1.165) is 41.6 Å². The molecule has 1 amide bonds. The Labute approximate surface area is 226 Å². The van der Waals surface area contributed by atoms with Crippen LogP contribution in [0.3, 0.4) is 0 Å². The number of fused-ring (bicyclic) bond motifs is 3. The number of halogens is 1. The lowest BCUT2D eigenvalue weighted by molar-refractivity contribution is -0.121. The van der Waals surface area contributed by atoms with Gasteiger partial charge in [0, 0.05) is 4.88 Å². The summed E-state index contributed by atoms with van der Waals surface area (Å²) in [4.78, 5) is 32.0. The zero-order valence-corrected chi connectivity index (χ0v) is 22.6. The second-order valence-electron chi connectivity index (χ2n) is 8.67. The van der Waals surface area contributed by atoms with Crippen molar-refractivity contribution >= 4 is 49.6 Å². The fourth-order valence-corrected chi connectivity index (χ4v) is 6.14. The van der Waals surface area contributed by atoms with Gasteiger partial charge in [0.2, 0.25) is 0 Å². The molecule has 0 bridgehead atoms. The molecular formula is C27H25BrN4O4S. The summed E-state index contributed by atoms with van der Waals surface area (Å²) in [6, 6.07) is 13.4.